The summed E-state index contributed by atoms with van der Waals surface area (Å²) in [5, 5.41) is 6.24. The normalized spacial score (nSPS) is 11.7. The Morgan fingerprint density at radius 2 is 1.70 bits per heavy atom. The van der Waals surface area contributed by atoms with Crippen molar-refractivity contribution in [2.45, 2.75) is 31.6 Å². The van der Waals surface area contributed by atoms with Crippen LogP contribution < -0.4 is 15.4 Å². The molecule has 0 bridgehead atoms. The van der Waals surface area contributed by atoms with Gasteiger partial charge in [-0.25, -0.2) is 13.1 Å². The largest absolute Gasteiger partial charge is 0.356 e. The van der Waals surface area contributed by atoms with Crippen molar-refractivity contribution in [1.82, 2.24) is 15.4 Å². The summed E-state index contributed by atoms with van der Waals surface area (Å²) in [6, 6.07) is 6.78. The molecule has 0 atom stereocenters. The zero-order valence-electron chi connectivity index (χ0n) is 13.9. The smallest absolute Gasteiger partial charge is 0.240 e. The van der Waals surface area contributed by atoms with Gasteiger partial charge < -0.3 is 10.6 Å². The van der Waals surface area contributed by atoms with Gasteiger partial charge in [-0.15, -0.1) is 24.0 Å². The number of aryl methyl sites for hydroxylation is 1. The van der Waals surface area contributed by atoms with Crippen LogP contribution in [0.3, 0.4) is 0 Å². The number of guanidine groups is 1. The molecule has 8 heteroatoms. The first-order chi connectivity index (χ1) is 10.5. The third-order valence-electron chi connectivity index (χ3n) is 3.09. The molecule has 0 radical (unpaired) electrons. The molecule has 3 N–H and O–H groups in total. The van der Waals surface area contributed by atoms with Gasteiger partial charge in [0.15, 0.2) is 5.96 Å². The molecule has 0 heterocycles. The van der Waals surface area contributed by atoms with E-state index in [1.807, 2.05) is 6.92 Å². The lowest BCUT2D eigenvalue weighted by molar-refractivity contribution is 0.580. The molecule has 0 fully saturated rings. The molecule has 132 valence electrons. The summed E-state index contributed by atoms with van der Waals surface area (Å²) in [6.45, 7) is 5.66. The van der Waals surface area contributed by atoms with E-state index in [4.69, 9.17) is 0 Å². The van der Waals surface area contributed by atoms with Crippen LogP contribution in [0.25, 0.3) is 0 Å². The first kappa shape index (κ1) is 22.1. The van der Waals surface area contributed by atoms with Crippen molar-refractivity contribution in [3.05, 3.63) is 29.8 Å². The number of hydrogen-bond acceptors (Lipinski definition) is 3. The first-order valence-electron chi connectivity index (χ1n) is 7.50. The van der Waals surface area contributed by atoms with Gasteiger partial charge in [-0.3, -0.25) is 4.99 Å². The summed E-state index contributed by atoms with van der Waals surface area (Å²) in [4.78, 5) is 4.36. The number of sulfonamides is 1. The standard InChI is InChI=1S/C15H26N4O2S.HI/c1-4-5-10-17-15(16-3)18-11-12-19-22(20,21)14-8-6-13(2)7-9-14;/h6-9,19H,4-5,10-12H2,1-3H3,(H2,16,17,18);1H. The van der Waals surface area contributed by atoms with E-state index in [2.05, 4.69) is 27.3 Å². The van der Waals surface area contributed by atoms with Gasteiger partial charge in [-0.05, 0) is 25.5 Å². The van der Waals surface area contributed by atoms with Crippen LogP contribution in [0, 0.1) is 6.92 Å². The zero-order chi connectivity index (χ0) is 16.4. The molecule has 0 unspecified atom stereocenters. The number of halogens is 1. The third kappa shape index (κ3) is 8.52. The van der Waals surface area contributed by atoms with Crippen molar-refractivity contribution in [1.29, 1.82) is 0 Å². The van der Waals surface area contributed by atoms with Crippen LogP contribution in [0.5, 0.6) is 0 Å². The van der Waals surface area contributed by atoms with E-state index in [0.717, 1.165) is 24.9 Å². The molecule has 0 aliphatic rings. The summed E-state index contributed by atoms with van der Waals surface area (Å²) in [6.07, 6.45) is 2.18. The Bertz CT molecular complexity index is 574. The van der Waals surface area contributed by atoms with Gasteiger partial charge in [0.25, 0.3) is 0 Å². The Labute approximate surface area is 156 Å². The van der Waals surface area contributed by atoms with E-state index < -0.39 is 10.0 Å². The van der Waals surface area contributed by atoms with Crippen molar-refractivity contribution in [2.24, 2.45) is 4.99 Å². The number of aliphatic imine (C=N–C) groups is 1. The van der Waals surface area contributed by atoms with Crippen molar-refractivity contribution in [3.8, 4) is 0 Å². The lowest BCUT2D eigenvalue weighted by Crippen LogP contribution is -2.41. The van der Waals surface area contributed by atoms with Crippen molar-refractivity contribution >= 4 is 40.0 Å². The minimum absolute atomic E-state index is 0. The minimum atomic E-state index is -3.45. The van der Waals surface area contributed by atoms with E-state index in [1.54, 1.807) is 31.3 Å². The molecule has 1 aromatic carbocycles. The predicted molar refractivity (Wildman–Crippen MR) is 106 cm³/mol. The molecular weight excluding hydrogens is 427 g/mol. The fourth-order valence-electron chi connectivity index (χ4n) is 1.77. The second-order valence-electron chi connectivity index (χ2n) is 4.99. The average molecular weight is 454 g/mol. The van der Waals surface area contributed by atoms with Crippen molar-refractivity contribution < 1.29 is 8.42 Å². The maximum absolute atomic E-state index is 12.1. The third-order valence-corrected chi connectivity index (χ3v) is 4.56. The summed E-state index contributed by atoms with van der Waals surface area (Å²) >= 11 is 0. The number of hydrogen-bond donors (Lipinski definition) is 3. The lowest BCUT2D eigenvalue weighted by Gasteiger charge is -2.12. The van der Waals surface area contributed by atoms with E-state index >= 15 is 0 Å². The number of nitrogens with one attached hydrogen (secondary N) is 3. The van der Waals surface area contributed by atoms with Gasteiger partial charge in [-0.1, -0.05) is 31.0 Å². The quantitative estimate of drug-likeness (QED) is 0.242. The number of unbranched alkanes of at least 4 members (excludes halogenated alkanes) is 1. The van der Waals surface area contributed by atoms with Gasteiger partial charge >= 0.3 is 0 Å². The minimum Gasteiger partial charge on any atom is -0.356 e. The van der Waals surface area contributed by atoms with Crippen LogP contribution in [0.2, 0.25) is 0 Å². The van der Waals surface area contributed by atoms with Crippen molar-refractivity contribution in [3.63, 3.8) is 0 Å². The molecule has 0 amide bonds. The molecule has 0 aliphatic heterocycles. The van der Waals surface area contributed by atoms with Gasteiger partial charge in [0, 0.05) is 26.7 Å². The number of nitrogens with zero attached hydrogens (tertiary/aromatic N) is 1. The summed E-state index contributed by atoms with van der Waals surface area (Å²) in [7, 11) is -1.76. The molecule has 1 rings (SSSR count). The Morgan fingerprint density at radius 1 is 1.09 bits per heavy atom. The second-order valence-corrected chi connectivity index (χ2v) is 6.76. The van der Waals surface area contributed by atoms with E-state index in [-0.39, 0.29) is 28.9 Å². The summed E-state index contributed by atoms with van der Waals surface area (Å²) in [5.74, 6) is 0.683. The predicted octanol–water partition coefficient (Wildman–Crippen LogP) is 1.86. The van der Waals surface area contributed by atoms with Crippen LogP contribution >= 0.6 is 24.0 Å². The van der Waals surface area contributed by atoms with Crippen LogP contribution in [-0.4, -0.2) is 41.1 Å². The maximum atomic E-state index is 12.1. The first-order valence-corrected chi connectivity index (χ1v) is 8.98. The summed E-state index contributed by atoms with van der Waals surface area (Å²) < 4.78 is 26.7. The maximum Gasteiger partial charge on any atom is 0.240 e. The fourth-order valence-corrected chi connectivity index (χ4v) is 2.80. The molecule has 0 aliphatic carbocycles. The highest BCUT2D eigenvalue weighted by Gasteiger charge is 2.12. The highest BCUT2D eigenvalue weighted by Crippen LogP contribution is 2.09. The molecular formula is C15H27IN4O2S. The van der Waals surface area contributed by atoms with Crippen LogP contribution in [0.4, 0.5) is 0 Å². The number of rotatable bonds is 8. The number of benzene rings is 1. The van der Waals surface area contributed by atoms with Gasteiger partial charge in [0.2, 0.25) is 10.0 Å². The second kappa shape index (κ2) is 11.6. The Kier molecular flexibility index (Phi) is 11.2. The van der Waals surface area contributed by atoms with Gasteiger partial charge in [-0.2, -0.15) is 0 Å². The fraction of sp³-hybridized carbons (Fsp3) is 0.533. The topological polar surface area (TPSA) is 82.6 Å². The molecule has 6 nitrogen and oxygen atoms in total. The van der Waals surface area contributed by atoms with E-state index in [0.29, 0.717) is 19.0 Å². The summed E-state index contributed by atoms with van der Waals surface area (Å²) in [5.41, 5.74) is 1.03. The highest BCUT2D eigenvalue weighted by atomic mass is 127. The van der Waals surface area contributed by atoms with Gasteiger partial charge in [0.05, 0.1) is 4.90 Å². The molecule has 0 spiro atoms. The molecule has 0 aromatic heterocycles. The van der Waals surface area contributed by atoms with E-state index in [1.165, 1.54) is 0 Å². The average Bonchev–Trinajstić information content (AvgIpc) is 2.50. The molecule has 0 saturated carbocycles. The molecule has 1 aromatic rings. The monoisotopic (exact) mass is 454 g/mol. The zero-order valence-corrected chi connectivity index (χ0v) is 17.1. The van der Waals surface area contributed by atoms with Crippen molar-refractivity contribution in [2.75, 3.05) is 26.7 Å². The van der Waals surface area contributed by atoms with Gasteiger partial charge in [0.1, 0.15) is 0 Å². The Morgan fingerprint density at radius 3 is 2.26 bits per heavy atom. The molecule has 0 saturated heterocycles. The highest BCUT2D eigenvalue weighted by molar-refractivity contribution is 14.0. The van der Waals surface area contributed by atoms with Crippen LogP contribution in [-0.2, 0) is 10.0 Å². The lowest BCUT2D eigenvalue weighted by atomic mass is 10.2. The van der Waals surface area contributed by atoms with Crippen LogP contribution in [0.1, 0.15) is 25.3 Å². The molecule has 23 heavy (non-hydrogen) atoms. The Hall–Kier alpha value is -0.870. The SMILES string of the molecule is CCCCNC(=NC)NCCNS(=O)(=O)c1ccc(C)cc1.I. The Balaban J connectivity index is 0.00000484. The van der Waals surface area contributed by atoms with E-state index in [9.17, 15) is 8.42 Å². The van der Waals surface area contributed by atoms with Crippen LogP contribution in [0.15, 0.2) is 34.2 Å².